The monoisotopic (exact) mass is 326 g/mol. The number of aromatic nitrogens is 2. The molecule has 0 saturated heterocycles. The zero-order chi connectivity index (χ0) is 16.0. The fourth-order valence-corrected chi connectivity index (χ4v) is 1.59. The third kappa shape index (κ3) is 5.62. The van der Waals surface area contributed by atoms with Gasteiger partial charge in [0.05, 0.1) is 18.4 Å². The molecule has 0 aliphatic carbocycles. The predicted octanol–water partition coefficient (Wildman–Crippen LogP) is 1.40. The van der Waals surface area contributed by atoms with Crippen molar-refractivity contribution in [1.29, 1.82) is 0 Å². The molecular weight excluding hydrogens is 313 g/mol. The number of rotatable bonds is 6. The minimum absolute atomic E-state index is 0.00624. The van der Waals surface area contributed by atoms with Gasteiger partial charge in [0.2, 0.25) is 5.91 Å². The van der Waals surface area contributed by atoms with Gasteiger partial charge in [-0.05, 0) is 6.42 Å². The summed E-state index contributed by atoms with van der Waals surface area (Å²) in [4.78, 5) is 23.0. The molecule has 1 amide bonds. The number of anilines is 1. The second-order valence-electron chi connectivity index (χ2n) is 4.15. The summed E-state index contributed by atoms with van der Waals surface area (Å²) in [6, 6.07) is 0. The van der Waals surface area contributed by atoms with Crippen LogP contribution in [-0.2, 0) is 11.3 Å². The van der Waals surface area contributed by atoms with Crippen molar-refractivity contribution < 1.29 is 18.0 Å². The van der Waals surface area contributed by atoms with E-state index in [2.05, 4.69) is 15.7 Å². The molecule has 1 aromatic heterocycles. The molecule has 0 aliphatic rings. The number of carbonyl (C=O) groups excluding carboxylic acids is 1. The van der Waals surface area contributed by atoms with Gasteiger partial charge < -0.3 is 10.6 Å². The molecule has 1 rings (SSSR count). The van der Waals surface area contributed by atoms with E-state index in [0.717, 1.165) is 12.6 Å². The normalized spacial score (nSPS) is 11.3. The van der Waals surface area contributed by atoms with Gasteiger partial charge in [-0.3, -0.25) is 9.59 Å². The van der Waals surface area contributed by atoms with Gasteiger partial charge in [-0.1, -0.05) is 18.5 Å². The van der Waals surface area contributed by atoms with Crippen molar-refractivity contribution in [2.45, 2.75) is 26.1 Å². The Morgan fingerprint density at radius 2 is 2.14 bits per heavy atom. The number of hydrogen-bond donors (Lipinski definition) is 2. The second-order valence-corrected chi connectivity index (χ2v) is 4.53. The van der Waals surface area contributed by atoms with E-state index in [1.807, 2.05) is 6.92 Å². The molecule has 0 unspecified atom stereocenters. The maximum Gasteiger partial charge on any atom is 0.408 e. The summed E-state index contributed by atoms with van der Waals surface area (Å²) < 4.78 is 36.9. The summed E-state index contributed by atoms with van der Waals surface area (Å²) in [6.07, 6.45) is -2.83. The lowest BCUT2D eigenvalue weighted by Crippen LogP contribution is -2.33. The first-order valence-corrected chi connectivity index (χ1v) is 6.45. The van der Waals surface area contributed by atoms with Gasteiger partial charge in [0.1, 0.15) is 11.6 Å². The van der Waals surface area contributed by atoms with Gasteiger partial charge in [-0.25, -0.2) is 4.68 Å². The van der Waals surface area contributed by atoms with Crippen LogP contribution in [0.2, 0.25) is 5.02 Å². The lowest BCUT2D eigenvalue weighted by molar-refractivity contribution is -0.143. The Hall–Kier alpha value is -1.77. The maximum absolute atomic E-state index is 12.2. The zero-order valence-electron chi connectivity index (χ0n) is 11.1. The molecule has 6 nitrogen and oxygen atoms in total. The zero-order valence-corrected chi connectivity index (χ0v) is 11.9. The van der Waals surface area contributed by atoms with E-state index < -0.39 is 23.3 Å². The summed E-state index contributed by atoms with van der Waals surface area (Å²) in [5.41, 5.74) is -1.07. The molecule has 1 aromatic rings. The average Bonchev–Trinajstić information content (AvgIpc) is 2.39. The Balaban J connectivity index is 2.76. The topological polar surface area (TPSA) is 76.0 Å². The molecule has 10 heteroatoms. The number of nitrogens with one attached hydrogen (secondary N) is 2. The van der Waals surface area contributed by atoms with Crippen molar-refractivity contribution in [3.05, 3.63) is 21.6 Å². The number of hydrogen-bond acceptors (Lipinski definition) is 4. The largest absolute Gasteiger partial charge is 0.408 e. The van der Waals surface area contributed by atoms with E-state index in [1.165, 1.54) is 0 Å². The van der Waals surface area contributed by atoms with E-state index in [1.54, 1.807) is 0 Å². The van der Waals surface area contributed by atoms with Crippen LogP contribution < -0.4 is 16.2 Å². The molecule has 0 bridgehead atoms. The van der Waals surface area contributed by atoms with Crippen LogP contribution in [0.3, 0.4) is 0 Å². The number of halogens is 4. The van der Waals surface area contributed by atoms with Gasteiger partial charge in [-0.15, -0.1) is 0 Å². The summed E-state index contributed by atoms with van der Waals surface area (Å²) in [5.74, 6) is -0.326. The van der Waals surface area contributed by atoms with Crippen LogP contribution in [0.25, 0.3) is 0 Å². The molecule has 0 aliphatic heterocycles. The van der Waals surface area contributed by atoms with Crippen LogP contribution >= 0.6 is 11.6 Å². The van der Waals surface area contributed by atoms with Crippen LogP contribution in [-0.4, -0.2) is 35.0 Å². The van der Waals surface area contributed by atoms with Gasteiger partial charge in [0.15, 0.2) is 0 Å². The van der Waals surface area contributed by atoms with Crippen molar-refractivity contribution in [2.24, 2.45) is 0 Å². The van der Waals surface area contributed by atoms with Crippen LogP contribution in [0, 0.1) is 0 Å². The van der Waals surface area contributed by atoms with Crippen molar-refractivity contribution in [3.8, 4) is 0 Å². The lowest BCUT2D eigenvalue weighted by Gasteiger charge is -2.11. The highest BCUT2D eigenvalue weighted by Gasteiger charge is 2.29. The van der Waals surface area contributed by atoms with Crippen LogP contribution in [0.4, 0.5) is 18.9 Å². The number of nitrogens with zero attached hydrogens (tertiary/aromatic N) is 2. The van der Waals surface area contributed by atoms with Crippen molar-refractivity contribution in [1.82, 2.24) is 15.1 Å². The third-order valence-corrected chi connectivity index (χ3v) is 2.69. The van der Waals surface area contributed by atoms with E-state index >= 15 is 0 Å². The van der Waals surface area contributed by atoms with Gasteiger partial charge in [-0.2, -0.15) is 18.3 Å². The molecular formula is C11H14ClF3N4O2. The molecule has 0 spiro atoms. The number of carbonyl (C=O) groups is 1. The summed E-state index contributed by atoms with van der Waals surface area (Å²) in [6.45, 7) is 0.696. The highest BCUT2D eigenvalue weighted by Crippen LogP contribution is 2.18. The first kappa shape index (κ1) is 17.3. The Bertz CT molecular complexity index is 559. The molecule has 1 heterocycles. The maximum atomic E-state index is 12.2. The Morgan fingerprint density at radius 3 is 2.71 bits per heavy atom. The summed E-state index contributed by atoms with van der Waals surface area (Å²) in [7, 11) is 0. The fraction of sp³-hybridized carbons (Fsp3) is 0.545. The first-order valence-electron chi connectivity index (χ1n) is 6.07. The molecule has 0 atom stereocenters. The first-order chi connectivity index (χ1) is 9.74. The standard InChI is InChI=1S/C11H14ClF3N4O2/c1-2-3-16-8(20)5-17-7-4-18-19(6-11(13,14)15)10(21)9(7)12/h4,17H,2-3,5-6H2,1H3,(H,16,20). The van der Waals surface area contributed by atoms with Crippen LogP contribution in [0.5, 0.6) is 0 Å². The van der Waals surface area contributed by atoms with E-state index in [9.17, 15) is 22.8 Å². The van der Waals surface area contributed by atoms with Crippen molar-refractivity contribution >= 4 is 23.2 Å². The van der Waals surface area contributed by atoms with Crippen LogP contribution in [0.1, 0.15) is 13.3 Å². The second kappa shape index (κ2) is 7.30. The quantitative estimate of drug-likeness (QED) is 0.828. The predicted molar refractivity (Wildman–Crippen MR) is 71.4 cm³/mol. The lowest BCUT2D eigenvalue weighted by atomic mass is 10.4. The summed E-state index contributed by atoms with van der Waals surface area (Å²) in [5, 5.41) is 8.06. The molecule has 0 aromatic carbocycles. The molecule has 0 saturated carbocycles. The Morgan fingerprint density at radius 1 is 1.48 bits per heavy atom. The van der Waals surface area contributed by atoms with Crippen molar-refractivity contribution in [2.75, 3.05) is 18.4 Å². The highest BCUT2D eigenvalue weighted by molar-refractivity contribution is 6.33. The van der Waals surface area contributed by atoms with E-state index in [-0.39, 0.29) is 22.8 Å². The Kier molecular flexibility index (Phi) is 6.01. The molecule has 2 N–H and O–H groups in total. The highest BCUT2D eigenvalue weighted by atomic mass is 35.5. The summed E-state index contributed by atoms with van der Waals surface area (Å²) >= 11 is 5.68. The molecule has 118 valence electrons. The fourth-order valence-electron chi connectivity index (χ4n) is 1.37. The van der Waals surface area contributed by atoms with Gasteiger partial charge in [0, 0.05) is 6.54 Å². The van der Waals surface area contributed by atoms with Gasteiger partial charge in [0.25, 0.3) is 5.56 Å². The Labute approximate surface area is 123 Å². The average molecular weight is 327 g/mol. The minimum atomic E-state index is -4.57. The SMILES string of the molecule is CCCNC(=O)CNc1cnn(CC(F)(F)F)c(=O)c1Cl. The van der Waals surface area contributed by atoms with E-state index in [4.69, 9.17) is 11.6 Å². The third-order valence-electron chi connectivity index (χ3n) is 2.33. The van der Waals surface area contributed by atoms with E-state index in [0.29, 0.717) is 6.54 Å². The smallest absolute Gasteiger partial charge is 0.373 e. The number of amides is 1. The molecule has 0 fully saturated rings. The minimum Gasteiger partial charge on any atom is -0.373 e. The molecule has 21 heavy (non-hydrogen) atoms. The number of alkyl halides is 3. The van der Waals surface area contributed by atoms with Gasteiger partial charge >= 0.3 is 6.18 Å². The van der Waals surface area contributed by atoms with Crippen LogP contribution in [0.15, 0.2) is 11.0 Å². The van der Waals surface area contributed by atoms with Crippen molar-refractivity contribution in [3.63, 3.8) is 0 Å². The molecule has 0 radical (unpaired) electrons.